The lowest BCUT2D eigenvalue weighted by Gasteiger charge is -2.14. The number of methoxy groups -OCH3 is 4. The number of carbonyl (C=O) groups is 2. The van der Waals surface area contributed by atoms with Crippen LogP contribution in [0.4, 0.5) is 0 Å². The molecular weight excluding hydrogens is 508 g/mol. The highest BCUT2D eigenvalue weighted by Crippen LogP contribution is 2.42. The summed E-state index contributed by atoms with van der Waals surface area (Å²) in [6, 6.07) is 16.9. The first-order chi connectivity index (χ1) is 18.4. The van der Waals surface area contributed by atoms with Crippen LogP contribution < -0.4 is 23.7 Å². The number of ether oxygens (including phenoxy) is 5. The summed E-state index contributed by atoms with van der Waals surface area (Å²) >= 11 is 1.65. The van der Waals surface area contributed by atoms with Gasteiger partial charge in [-0.25, -0.2) is 4.79 Å². The molecule has 0 aliphatic heterocycles. The molecule has 0 saturated heterocycles. The lowest BCUT2D eigenvalue weighted by atomic mass is 10.0. The highest BCUT2D eigenvalue weighted by Gasteiger charge is 2.19. The Bertz CT molecular complexity index is 1460. The minimum atomic E-state index is -1.15. The molecule has 0 amide bonds. The normalized spacial score (nSPS) is 10.9. The molecule has 38 heavy (non-hydrogen) atoms. The van der Waals surface area contributed by atoms with Crippen LogP contribution in [0.5, 0.6) is 28.7 Å². The highest BCUT2D eigenvalue weighted by atomic mass is 32.1. The quantitative estimate of drug-likeness (QED) is 0.186. The summed E-state index contributed by atoms with van der Waals surface area (Å²) in [7, 11) is 5.95. The zero-order chi connectivity index (χ0) is 27.2. The summed E-state index contributed by atoms with van der Waals surface area (Å²) in [6.07, 6.45) is 3.09. The van der Waals surface area contributed by atoms with Crippen LogP contribution in [0.15, 0.2) is 60.7 Å². The minimum absolute atomic E-state index is 0.0997. The molecule has 0 bridgehead atoms. The van der Waals surface area contributed by atoms with E-state index in [9.17, 15) is 9.59 Å². The van der Waals surface area contributed by atoms with Crippen LogP contribution in [0.2, 0.25) is 0 Å². The van der Waals surface area contributed by atoms with Gasteiger partial charge in [-0.1, -0.05) is 18.2 Å². The largest absolute Gasteiger partial charge is 0.496 e. The molecule has 0 saturated carbocycles. The molecule has 3 aromatic carbocycles. The van der Waals surface area contributed by atoms with E-state index in [2.05, 4.69) is 18.2 Å². The standard InChI is InChI=1S/C29H26O8S/c1-33-22-15-23(34-2)20(27-14-18-7-5-6-8-26(18)38-27)11-17(22)9-10-21(30)19-12-24(35-3)29(25(13-19)36-4)37-16-28(31)32/h5-15H,16H2,1-4H3,(H,31,32)/b10-9+. The molecule has 0 fully saturated rings. The van der Waals surface area contributed by atoms with E-state index in [0.717, 1.165) is 20.5 Å². The van der Waals surface area contributed by atoms with E-state index in [4.69, 9.17) is 28.8 Å². The third kappa shape index (κ3) is 5.57. The molecule has 0 spiro atoms. The molecule has 1 heterocycles. The maximum absolute atomic E-state index is 13.1. The SMILES string of the molecule is COc1cc(OC)c(-c2cc3ccccc3s2)cc1/C=C/C(=O)c1cc(OC)c(OCC(=O)O)c(OC)c1. The Hall–Kier alpha value is -4.50. The number of aliphatic carboxylic acids is 1. The maximum atomic E-state index is 13.1. The number of thiophene rings is 1. The molecule has 4 rings (SSSR count). The van der Waals surface area contributed by atoms with Gasteiger partial charge in [0.1, 0.15) is 11.5 Å². The predicted molar refractivity (Wildman–Crippen MR) is 146 cm³/mol. The molecule has 196 valence electrons. The van der Waals surface area contributed by atoms with Crippen LogP contribution in [-0.4, -0.2) is 51.9 Å². The fraction of sp³-hybridized carbons (Fsp3) is 0.172. The van der Waals surface area contributed by atoms with Gasteiger partial charge in [0, 0.05) is 32.3 Å². The first-order valence-electron chi connectivity index (χ1n) is 11.5. The van der Waals surface area contributed by atoms with E-state index in [1.807, 2.05) is 18.2 Å². The van der Waals surface area contributed by atoms with Crippen molar-refractivity contribution in [1.82, 2.24) is 0 Å². The summed E-state index contributed by atoms with van der Waals surface area (Å²) < 4.78 is 28.3. The second kappa shape index (κ2) is 11.7. The number of carbonyl (C=O) groups excluding carboxylic acids is 1. The minimum Gasteiger partial charge on any atom is -0.496 e. The van der Waals surface area contributed by atoms with E-state index in [1.54, 1.807) is 37.7 Å². The van der Waals surface area contributed by atoms with Crippen molar-refractivity contribution in [1.29, 1.82) is 0 Å². The Morgan fingerprint density at radius 2 is 1.50 bits per heavy atom. The monoisotopic (exact) mass is 534 g/mol. The second-order valence-electron chi connectivity index (χ2n) is 8.03. The third-order valence-corrected chi connectivity index (χ3v) is 6.89. The Balaban J connectivity index is 1.70. The number of carboxylic acids is 1. The molecule has 0 aliphatic rings. The van der Waals surface area contributed by atoms with Crippen molar-refractivity contribution >= 4 is 39.3 Å². The number of rotatable bonds is 11. The Morgan fingerprint density at radius 1 is 0.842 bits per heavy atom. The Kier molecular flexibility index (Phi) is 8.18. The molecule has 1 aromatic heterocycles. The number of carboxylic acid groups (broad SMARTS) is 1. The van der Waals surface area contributed by atoms with Crippen LogP contribution in [0.25, 0.3) is 26.6 Å². The highest BCUT2D eigenvalue weighted by molar-refractivity contribution is 7.22. The van der Waals surface area contributed by atoms with Crippen molar-refractivity contribution in [2.45, 2.75) is 0 Å². The van der Waals surface area contributed by atoms with E-state index >= 15 is 0 Å². The molecule has 9 heteroatoms. The summed E-state index contributed by atoms with van der Waals surface area (Å²) in [5.41, 5.74) is 1.84. The second-order valence-corrected chi connectivity index (χ2v) is 9.12. The van der Waals surface area contributed by atoms with Crippen LogP contribution in [0, 0.1) is 0 Å². The summed E-state index contributed by atoms with van der Waals surface area (Å²) in [5.74, 6) is 0.176. The average Bonchev–Trinajstić information content (AvgIpc) is 3.37. The topological polar surface area (TPSA) is 101 Å². The van der Waals surface area contributed by atoms with E-state index < -0.39 is 12.6 Å². The fourth-order valence-electron chi connectivity index (χ4n) is 3.92. The summed E-state index contributed by atoms with van der Waals surface area (Å²) in [6.45, 7) is -0.584. The van der Waals surface area contributed by atoms with Gasteiger partial charge in [0.05, 0.1) is 28.4 Å². The molecule has 0 unspecified atom stereocenters. The zero-order valence-electron chi connectivity index (χ0n) is 21.3. The van der Waals surface area contributed by atoms with Gasteiger partial charge in [0.15, 0.2) is 23.9 Å². The van der Waals surface area contributed by atoms with Gasteiger partial charge < -0.3 is 28.8 Å². The molecular formula is C29H26O8S. The van der Waals surface area contributed by atoms with Crippen molar-refractivity contribution in [3.63, 3.8) is 0 Å². The molecule has 0 atom stereocenters. The van der Waals surface area contributed by atoms with Crippen LogP contribution in [0.1, 0.15) is 15.9 Å². The van der Waals surface area contributed by atoms with Crippen LogP contribution in [0.3, 0.4) is 0 Å². The number of hydrogen-bond acceptors (Lipinski definition) is 8. The van der Waals surface area contributed by atoms with Crippen molar-refractivity contribution in [2.24, 2.45) is 0 Å². The van der Waals surface area contributed by atoms with E-state index in [1.165, 1.54) is 32.4 Å². The molecule has 1 N–H and O–H groups in total. The van der Waals surface area contributed by atoms with Gasteiger partial charge in [-0.3, -0.25) is 4.79 Å². The number of allylic oxidation sites excluding steroid dienone is 1. The van der Waals surface area contributed by atoms with Crippen molar-refractivity contribution in [3.05, 3.63) is 71.8 Å². The molecule has 0 radical (unpaired) electrons. The fourth-order valence-corrected chi connectivity index (χ4v) is 5.00. The van der Waals surface area contributed by atoms with Gasteiger partial charge in [-0.05, 0) is 47.9 Å². The smallest absolute Gasteiger partial charge is 0.341 e. The van der Waals surface area contributed by atoms with Gasteiger partial charge in [0.25, 0.3) is 0 Å². The van der Waals surface area contributed by atoms with Crippen molar-refractivity contribution in [3.8, 4) is 39.2 Å². The van der Waals surface area contributed by atoms with E-state index in [0.29, 0.717) is 17.1 Å². The van der Waals surface area contributed by atoms with Crippen molar-refractivity contribution in [2.75, 3.05) is 35.0 Å². The number of benzene rings is 3. The molecule has 4 aromatic rings. The van der Waals surface area contributed by atoms with Gasteiger partial charge in [0.2, 0.25) is 5.75 Å². The Labute approximate surface area is 223 Å². The lowest BCUT2D eigenvalue weighted by Crippen LogP contribution is -2.11. The zero-order valence-corrected chi connectivity index (χ0v) is 22.1. The van der Waals surface area contributed by atoms with Crippen molar-refractivity contribution < 1.29 is 38.4 Å². The summed E-state index contributed by atoms with van der Waals surface area (Å²) in [5, 5.41) is 10.1. The average molecular weight is 535 g/mol. The van der Waals surface area contributed by atoms with Crippen LogP contribution in [-0.2, 0) is 4.79 Å². The van der Waals surface area contributed by atoms with E-state index in [-0.39, 0.29) is 28.6 Å². The predicted octanol–water partition coefficient (Wildman–Crippen LogP) is 5.96. The number of fused-ring (bicyclic) bond motifs is 1. The Morgan fingerprint density at radius 3 is 2.11 bits per heavy atom. The molecule has 0 aliphatic carbocycles. The lowest BCUT2D eigenvalue weighted by molar-refractivity contribution is -0.139. The third-order valence-electron chi connectivity index (χ3n) is 5.74. The van der Waals surface area contributed by atoms with Crippen LogP contribution >= 0.6 is 11.3 Å². The number of hydrogen-bond donors (Lipinski definition) is 1. The summed E-state index contributed by atoms with van der Waals surface area (Å²) in [4.78, 5) is 25.1. The first-order valence-corrected chi connectivity index (χ1v) is 12.3. The van der Waals surface area contributed by atoms with Gasteiger partial charge in [-0.15, -0.1) is 11.3 Å². The van der Waals surface area contributed by atoms with Gasteiger partial charge >= 0.3 is 5.97 Å². The first kappa shape index (κ1) is 26.6. The number of ketones is 1. The van der Waals surface area contributed by atoms with Gasteiger partial charge in [-0.2, -0.15) is 0 Å². The maximum Gasteiger partial charge on any atom is 0.341 e. The molecule has 8 nitrogen and oxygen atoms in total.